The van der Waals surface area contributed by atoms with Crippen LogP contribution in [0.1, 0.15) is 5.69 Å². The molecule has 0 aliphatic heterocycles. The minimum atomic E-state index is -0.413. The Bertz CT molecular complexity index is 1060. The van der Waals surface area contributed by atoms with Gasteiger partial charge in [-0.15, -0.1) is 0 Å². The van der Waals surface area contributed by atoms with E-state index in [0.717, 1.165) is 0 Å². The van der Waals surface area contributed by atoms with Crippen LogP contribution in [0.5, 0.6) is 0 Å². The highest BCUT2D eigenvalue weighted by atomic mass is 35.5. The molecule has 1 N–H and O–H groups in total. The van der Waals surface area contributed by atoms with Gasteiger partial charge in [0.1, 0.15) is 12.4 Å². The number of carbonyl (C=O) groups excluding carboxylic acids is 1. The number of hydrogen-bond acceptors (Lipinski definition) is 3. The average molecular weight is 423 g/mol. The molecule has 0 saturated carbocycles. The van der Waals surface area contributed by atoms with Crippen LogP contribution in [0.3, 0.4) is 0 Å². The summed E-state index contributed by atoms with van der Waals surface area (Å²) in [5.74, 6) is -0.0499. The van der Waals surface area contributed by atoms with Crippen LogP contribution in [-0.4, -0.2) is 15.5 Å². The van der Waals surface area contributed by atoms with Crippen LogP contribution >= 0.6 is 34.8 Å². The highest BCUT2D eigenvalue weighted by Gasteiger charge is 2.14. The van der Waals surface area contributed by atoms with Gasteiger partial charge in [-0.05, 0) is 37.3 Å². The number of hydrogen-bond donors (Lipinski definition) is 1. The largest absolute Gasteiger partial charge is 0.324 e. The molecule has 0 saturated heterocycles. The predicted molar refractivity (Wildman–Crippen MR) is 109 cm³/mol. The van der Waals surface area contributed by atoms with Crippen molar-refractivity contribution in [3.05, 3.63) is 79.6 Å². The van der Waals surface area contributed by atoms with E-state index in [0.29, 0.717) is 37.8 Å². The fourth-order valence-corrected chi connectivity index (χ4v) is 3.31. The Balaban J connectivity index is 1.94. The molecule has 5 nitrogen and oxygen atoms in total. The first-order valence-electron chi connectivity index (χ1n) is 7.92. The van der Waals surface area contributed by atoms with Gasteiger partial charge in [0.25, 0.3) is 5.56 Å². The van der Waals surface area contributed by atoms with Crippen LogP contribution in [0.25, 0.3) is 11.4 Å². The zero-order valence-electron chi connectivity index (χ0n) is 14.2. The van der Waals surface area contributed by atoms with Crippen molar-refractivity contribution in [2.45, 2.75) is 13.5 Å². The summed E-state index contributed by atoms with van der Waals surface area (Å²) >= 11 is 17.9. The van der Waals surface area contributed by atoms with Crippen molar-refractivity contribution >= 4 is 46.4 Å². The maximum Gasteiger partial charge on any atom is 0.254 e. The number of halogens is 3. The molecule has 0 bridgehead atoms. The second-order valence-electron chi connectivity index (χ2n) is 5.86. The lowest BCUT2D eigenvalue weighted by atomic mass is 10.2. The van der Waals surface area contributed by atoms with Gasteiger partial charge in [0.15, 0.2) is 0 Å². The minimum absolute atomic E-state index is 0.224. The van der Waals surface area contributed by atoms with Crippen LogP contribution in [0, 0.1) is 6.92 Å². The van der Waals surface area contributed by atoms with Crippen molar-refractivity contribution < 1.29 is 4.79 Å². The number of benzene rings is 2. The van der Waals surface area contributed by atoms with Gasteiger partial charge in [0.2, 0.25) is 5.91 Å². The van der Waals surface area contributed by atoms with Gasteiger partial charge in [0, 0.05) is 38.1 Å². The van der Waals surface area contributed by atoms with E-state index in [1.54, 1.807) is 49.4 Å². The molecule has 8 heteroatoms. The molecule has 3 aromatic rings. The van der Waals surface area contributed by atoms with Gasteiger partial charge in [-0.3, -0.25) is 14.2 Å². The van der Waals surface area contributed by atoms with Crippen LogP contribution in [-0.2, 0) is 11.3 Å². The number of aryl methyl sites for hydroxylation is 1. The molecule has 3 rings (SSSR count). The molecule has 2 aromatic carbocycles. The second-order valence-corrected chi connectivity index (χ2v) is 7.17. The van der Waals surface area contributed by atoms with E-state index in [1.165, 1.54) is 10.6 Å². The van der Waals surface area contributed by atoms with Gasteiger partial charge in [-0.25, -0.2) is 4.98 Å². The third kappa shape index (κ3) is 4.89. The summed E-state index contributed by atoms with van der Waals surface area (Å²) in [7, 11) is 0. The SMILES string of the molecule is Cc1cc(=O)n(CC(=O)Nc2cc(Cl)cc(Cl)c2)c(-c2cccc(Cl)c2)n1. The lowest BCUT2D eigenvalue weighted by Crippen LogP contribution is -2.29. The molecule has 1 heterocycles. The van der Waals surface area contributed by atoms with Crippen LogP contribution < -0.4 is 10.9 Å². The van der Waals surface area contributed by atoms with E-state index >= 15 is 0 Å². The first-order chi connectivity index (χ1) is 12.8. The summed E-state index contributed by atoms with van der Waals surface area (Å²) in [5.41, 5.74) is 1.29. The molecule has 0 spiro atoms. The monoisotopic (exact) mass is 421 g/mol. The molecule has 0 fully saturated rings. The summed E-state index contributed by atoms with van der Waals surface area (Å²) in [6.07, 6.45) is 0. The lowest BCUT2D eigenvalue weighted by molar-refractivity contribution is -0.116. The summed E-state index contributed by atoms with van der Waals surface area (Å²) in [6, 6.07) is 13.0. The standard InChI is InChI=1S/C19H14Cl3N3O2/c1-11-5-18(27)25(19(23-11)12-3-2-4-13(20)6-12)10-17(26)24-16-8-14(21)7-15(22)9-16/h2-9H,10H2,1H3,(H,24,26). The van der Waals surface area contributed by atoms with Crippen molar-refractivity contribution in [3.8, 4) is 11.4 Å². The van der Waals surface area contributed by atoms with Crippen molar-refractivity contribution in [1.29, 1.82) is 0 Å². The number of rotatable bonds is 4. The van der Waals surface area contributed by atoms with Crippen molar-refractivity contribution in [3.63, 3.8) is 0 Å². The molecular weight excluding hydrogens is 409 g/mol. The third-order valence-electron chi connectivity index (χ3n) is 3.67. The molecule has 0 aliphatic rings. The Labute approximate surface area is 170 Å². The number of carbonyl (C=O) groups is 1. The molecule has 0 atom stereocenters. The van der Waals surface area contributed by atoms with E-state index in [4.69, 9.17) is 34.8 Å². The molecule has 0 unspecified atom stereocenters. The molecule has 1 aromatic heterocycles. The quantitative estimate of drug-likeness (QED) is 0.656. The Hall–Kier alpha value is -2.34. The number of anilines is 1. The predicted octanol–water partition coefficient (Wildman–Crippen LogP) is 4.82. The molecule has 27 heavy (non-hydrogen) atoms. The first kappa shape index (κ1) is 19.4. The third-order valence-corrected chi connectivity index (χ3v) is 4.34. The van der Waals surface area contributed by atoms with Gasteiger partial charge >= 0.3 is 0 Å². The van der Waals surface area contributed by atoms with Gasteiger partial charge in [-0.2, -0.15) is 0 Å². The van der Waals surface area contributed by atoms with E-state index < -0.39 is 5.91 Å². The zero-order valence-corrected chi connectivity index (χ0v) is 16.4. The van der Waals surface area contributed by atoms with Crippen LogP contribution in [0.15, 0.2) is 53.3 Å². The maximum absolute atomic E-state index is 12.5. The highest BCUT2D eigenvalue weighted by Crippen LogP contribution is 2.23. The fourth-order valence-electron chi connectivity index (χ4n) is 2.59. The lowest BCUT2D eigenvalue weighted by Gasteiger charge is -2.13. The van der Waals surface area contributed by atoms with Gasteiger partial charge in [0.05, 0.1) is 0 Å². The van der Waals surface area contributed by atoms with E-state index in [1.807, 2.05) is 0 Å². The highest BCUT2D eigenvalue weighted by molar-refractivity contribution is 6.35. The molecule has 0 radical (unpaired) electrons. The Morgan fingerprint density at radius 1 is 1.04 bits per heavy atom. The maximum atomic E-state index is 12.5. The summed E-state index contributed by atoms with van der Waals surface area (Å²) < 4.78 is 1.29. The number of aromatic nitrogens is 2. The van der Waals surface area contributed by atoms with Crippen molar-refractivity contribution in [2.75, 3.05) is 5.32 Å². The normalized spacial score (nSPS) is 10.7. The van der Waals surface area contributed by atoms with Gasteiger partial charge in [-0.1, -0.05) is 46.9 Å². The summed E-state index contributed by atoms with van der Waals surface area (Å²) in [5, 5.41) is 3.98. The smallest absolute Gasteiger partial charge is 0.254 e. The second kappa shape index (κ2) is 8.13. The number of amides is 1. The Morgan fingerprint density at radius 3 is 2.41 bits per heavy atom. The van der Waals surface area contributed by atoms with Crippen molar-refractivity contribution in [2.24, 2.45) is 0 Å². The Morgan fingerprint density at radius 2 is 1.74 bits per heavy atom. The zero-order chi connectivity index (χ0) is 19.6. The van der Waals surface area contributed by atoms with E-state index in [9.17, 15) is 9.59 Å². The van der Waals surface area contributed by atoms with Crippen LogP contribution in [0.4, 0.5) is 5.69 Å². The average Bonchev–Trinajstić information content (AvgIpc) is 2.56. The number of nitrogens with one attached hydrogen (secondary N) is 1. The molecule has 1 amide bonds. The molecule has 138 valence electrons. The number of nitrogens with zero attached hydrogens (tertiary/aromatic N) is 2. The summed E-state index contributed by atoms with van der Waals surface area (Å²) in [6.45, 7) is 1.49. The minimum Gasteiger partial charge on any atom is -0.324 e. The Kier molecular flexibility index (Phi) is 5.85. The summed E-state index contributed by atoms with van der Waals surface area (Å²) in [4.78, 5) is 29.4. The first-order valence-corrected chi connectivity index (χ1v) is 9.05. The topological polar surface area (TPSA) is 64.0 Å². The molecule has 0 aliphatic carbocycles. The molecular formula is C19H14Cl3N3O2. The fraction of sp³-hybridized carbons (Fsp3) is 0.105. The van der Waals surface area contributed by atoms with E-state index in [2.05, 4.69) is 10.3 Å². The van der Waals surface area contributed by atoms with Crippen LogP contribution in [0.2, 0.25) is 15.1 Å². The van der Waals surface area contributed by atoms with E-state index in [-0.39, 0.29) is 12.1 Å². The van der Waals surface area contributed by atoms with Gasteiger partial charge < -0.3 is 5.32 Å². The van der Waals surface area contributed by atoms with Crippen molar-refractivity contribution in [1.82, 2.24) is 9.55 Å².